The van der Waals surface area contributed by atoms with Gasteiger partial charge >= 0.3 is 0 Å². The molecule has 7 heteroatoms. The highest BCUT2D eigenvalue weighted by atomic mass is 35.5. The second-order valence-electron chi connectivity index (χ2n) is 9.31. The van der Waals surface area contributed by atoms with Crippen LogP contribution in [0.15, 0.2) is 42.5 Å². The zero-order chi connectivity index (χ0) is 23.2. The van der Waals surface area contributed by atoms with E-state index in [9.17, 15) is 4.79 Å². The zero-order valence-corrected chi connectivity index (χ0v) is 21.2. The van der Waals surface area contributed by atoms with Crippen LogP contribution in [0.25, 0.3) is 0 Å². The molecule has 0 unspecified atom stereocenters. The molecule has 4 nitrogen and oxygen atoms in total. The highest BCUT2D eigenvalue weighted by molar-refractivity contribution is 6.42. The molecule has 1 aliphatic heterocycles. The smallest absolute Gasteiger partial charge is 0.251 e. The molecule has 0 radical (unpaired) electrons. The minimum atomic E-state index is 0.000457. The van der Waals surface area contributed by atoms with Crippen molar-refractivity contribution >= 4 is 40.7 Å². The van der Waals surface area contributed by atoms with Gasteiger partial charge in [0.1, 0.15) is 0 Å². The monoisotopic (exact) mass is 507 g/mol. The fourth-order valence-corrected chi connectivity index (χ4v) is 5.45. The lowest BCUT2D eigenvalue weighted by atomic mass is 9.83. The molecule has 1 atom stereocenters. The number of hydrogen-bond acceptors (Lipinski definition) is 3. The van der Waals surface area contributed by atoms with Gasteiger partial charge in [-0.3, -0.25) is 14.6 Å². The van der Waals surface area contributed by atoms with Crippen LogP contribution in [-0.4, -0.2) is 54.5 Å². The molecular formula is C26H32Cl3N3O. The fraction of sp³-hybridized carbons (Fsp3) is 0.500. The van der Waals surface area contributed by atoms with Crippen LogP contribution in [0.5, 0.6) is 0 Å². The lowest BCUT2D eigenvalue weighted by Crippen LogP contribution is -2.53. The molecule has 2 aromatic rings. The van der Waals surface area contributed by atoms with E-state index in [1.165, 1.54) is 37.7 Å². The number of rotatable bonds is 7. The topological polar surface area (TPSA) is 35.6 Å². The molecule has 0 bridgehead atoms. The predicted molar refractivity (Wildman–Crippen MR) is 137 cm³/mol. The molecule has 2 fully saturated rings. The number of piperazine rings is 1. The van der Waals surface area contributed by atoms with Gasteiger partial charge in [-0.05, 0) is 60.7 Å². The Kier molecular flexibility index (Phi) is 8.95. The first-order chi connectivity index (χ1) is 16.0. The van der Waals surface area contributed by atoms with Crippen LogP contribution >= 0.6 is 34.8 Å². The molecule has 1 N–H and O–H groups in total. The molecule has 0 aromatic heterocycles. The van der Waals surface area contributed by atoms with Crippen LogP contribution in [0.2, 0.25) is 15.1 Å². The Bertz CT molecular complexity index is 923. The number of carbonyl (C=O) groups excluding carboxylic acids is 1. The highest BCUT2D eigenvalue weighted by Gasteiger charge is 2.28. The maximum atomic E-state index is 13.0. The number of hydrogen-bond donors (Lipinski definition) is 1. The summed E-state index contributed by atoms with van der Waals surface area (Å²) in [6, 6.07) is 13.2. The Labute approximate surface area is 212 Å². The third-order valence-electron chi connectivity index (χ3n) is 6.95. The van der Waals surface area contributed by atoms with E-state index in [4.69, 9.17) is 34.8 Å². The van der Waals surface area contributed by atoms with E-state index in [0.29, 0.717) is 26.5 Å². The SMILES string of the molecule is O=C(N[C@@H](CN1CCN(Cc2ccc(Cl)c(Cl)c2)CC1)C1CCCCC1)c1ccc(Cl)cc1. The molecule has 2 aliphatic rings. The van der Waals surface area contributed by atoms with Crippen LogP contribution in [0.3, 0.4) is 0 Å². The Morgan fingerprint density at radius 1 is 0.879 bits per heavy atom. The van der Waals surface area contributed by atoms with Gasteiger partial charge in [0.25, 0.3) is 5.91 Å². The van der Waals surface area contributed by atoms with E-state index in [0.717, 1.165) is 39.3 Å². The van der Waals surface area contributed by atoms with E-state index in [1.54, 1.807) is 24.3 Å². The summed E-state index contributed by atoms with van der Waals surface area (Å²) in [7, 11) is 0. The third kappa shape index (κ3) is 7.10. The van der Waals surface area contributed by atoms with E-state index < -0.39 is 0 Å². The molecule has 178 valence electrons. The molecule has 1 aliphatic carbocycles. The predicted octanol–water partition coefficient (Wildman–Crippen LogP) is 6.14. The van der Waals surface area contributed by atoms with Gasteiger partial charge in [-0.15, -0.1) is 0 Å². The maximum absolute atomic E-state index is 13.0. The average Bonchev–Trinajstić information content (AvgIpc) is 2.83. The zero-order valence-electron chi connectivity index (χ0n) is 18.9. The number of benzene rings is 2. The van der Waals surface area contributed by atoms with Crippen LogP contribution in [0.4, 0.5) is 0 Å². The number of nitrogens with zero attached hydrogens (tertiary/aromatic N) is 2. The van der Waals surface area contributed by atoms with Gasteiger partial charge in [0.2, 0.25) is 0 Å². The summed E-state index contributed by atoms with van der Waals surface area (Å²) in [4.78, 5) is 17.9. The number of amides is 1. The average molecular weight is 509 g/mol. The standard InChI is InChI=1S/C26H32Cl3N3O/c27-22-9-7-21(8-10-22)26(33)30-25(20-4-2-1-3-5-20)18-32-14-12-31(13-15-32)17-19-6-11-23(28)24(29)16-19/h6-11,16,20,25H,1-5,12-15,17-18H2,(H,30,33)/t25-/m0/s1. The molecule has 1 saturated heterocycles. The minimum absolute atomic E-state index is 0.000457. The van der Waals surface area contributed by atoms with Gasteiger partial charge in [0.15, 0.2) is 0 Å². The van der Waals surface area contributed by atoms with Crippen molar-refractivity contribution < 1.29 is 4.79 Å². The van der Waals surface area contributed by atoms with Crippen molar-refractivity contribution in [3.05, 3.63) is 68.7 Å². The van der Waals surface area contributed by atoms with Crippen molar-refractivity contribution in [2.24, 2.45) is 5.92 Å². The lowest BCUT2D eigenvalue weighted by molar-refractivity contribution is 0.0823. The van der Waals surface area contributed by atoms with Crippen molar-refractivity contribution in [1.29, 1.82) is 0 Å². The molecular weight excluding hydrogens is 477 g/mol. The number of nitrogens with one attached hydrogen (secondary N) is 1. The lowest BCUT2D eigenvalue weighted by Gasteiger charge is -2.39. The number of halogens is 3. The Morgan fingerprint density at radius 2 is 1.55 bits per heavy atom. The van der Waals surface area contributed by atoms with Crippen LogP contribution in [0, 0.1) is 5.92 Å². The normalized spacial score (nSPS) is 19.4. The summed E-state index contributed by atoms with van der Waals surface area (Å²) in [6.45, 7) is 5.79. The number of carbonyl (C=O) groups is 1. The summed E-state index contributed by atoms with van der Waals surface area (Å²) >= 11 is 18.2. The van der Waals surface area contributed by atoms with Crippen molar-refractivity contribution in [3.63, 3.8) is 0 Å². The first-order valence-corrected chi connectivity index (χ1v) is 13.1. The Balaban J connectivity index is 1.33. The summed E-state index contributed by atoms with van der Waals surface area (Å²) in [6.07, 6.45) is 6.22. The molecule has 4 rings (SSSR count). The molecule has 1 amide bonds. The first kappa shape index (κ1) is 24.8. The van der Waals surface area contributed by atoms with Gasteiger partial charge in [-0.25, -0.2) is 0 Å². The highest BCUT2D eigenvalue weighted by Crippen LogP contribution is 2.28. The first-order valence-electron chi connectivity index (χ1n) is 11.9. The van der Waals surface area contributed by atoms with Crippen LogP contribution in [0.1, 0.15) is 48.0 Å². The summed E-state index contributed by atoms with van der Waals surface area (Å²) in [5.41, 5.74) is 1.86. The van der Waals surface area contributed by atoms with Gasteiger partial charge in [0.05, 0.1) is 10.0 Å². The molecule has 1 saturated carbocycles. The molecule has 33 heavy (non-hydrogen) atoms. The fourth-order valence-electron chi connectivity index (χ4n) is 5.01. The van der Waals surface area contributed by atoms with Crippen LogP contribution in [-0.2, 0) is 6.54 Å². The Hall–Kier alpha value is -1.30. The van der Waals surface area contributed by atoms with E-state index in [-0.39, 0.29) is 11.9 Å². The van der Waals surface area contributed by atoms with Crippen molar-refractivity contribution in [2.45, 2.75) is 44.7 Å². The van der Waals surface area contributed by atoms with Crippen LogP contribution < -0.4 is 5.32 Å². The third-order valence-corrected chi connectivity index (χ3v) is 7.94. The van der Waals surface area contributed by atoms with Crippen molar-refractivity contribution in [2.75, 3.05) is 32.7 Å². The summed E-state index contributed by atoms with van der Waals surface area (Å²) < 4.78 is 0. The second kappa shape index (κ2) is 11.9. The van der Waals surface area contributed by atoms with Gasteiger partial charge in [-0.1, -0.05) is 60.1 Å². The quantitative estimate of drug-likeness (QED) is 0.488. The van der Waals surface area contributed by atoms with E-state index in [1.807, 2.05) is 18.2 Å². The Morgan fingerprint density at radius 3 is 2.21 bits per heavy atom. The largest absolute Gasteiger partial charge is 0.348 e. The molecule has 2 aromatic carbocycles. The van der Waals surface area contributed by atoms with Gasteiger partial charge < -0.3 is 5.32 Å². The van der Waals surface area contributed by atoms with Gasteiger partial charge in [0, 0.05) is 55.9 Å². The summed E-state index contributed by atoms with van der Waals surface area (Å²) in [5.74, 6) is 0.546. The van der Waals surface area contributed by atoms with E-state index >= 15 is 0 Å². The van der Waals surface area contributed by atoms with Crippen molar-refractivity contribution in [3.8, 4) is 0 Å². The maximum Gasteiger partial charge on any atom is 0.251 e. The molecule has 0 spiro atoms. The summed E-state index contributed by atoms with van der Waals surface area (Å²) in [5, 5.41) is 5.22. The van der Waals surface area contributed by atoms with Crippen molar-refractivity contribution in [1.82, 2.24) is 15.1 Å². The van der Waals surface area contributed by atoms with Gasteiger partial charge in [-0.2, -0.15) is 0 Å². The minimum Gasteiger partial charge on any atom is -0.348 e. The second-order valence-corrected chi connectivity index (χ2v) is 10.6. The van der Waals surface area contributed by atoms with E-state index in [2.05, 4.69) is 15.1 Å². The molecule has 1 heterocycles.